The lowest BCUT2D eigenvalue weighted by Gasteiger charge is -2.13. The molecule has 0 aromatic carbocycles. The molecule has 0 aliphatic carbocycles. The summed E-state index contributed by atoms with van der Waals surface area (Å²) in [4.78, 5) is 22.9. The molecule has 0 fully saturated rings. The van der Waals surface area contributed by atoms with Gasteiger partial charge in [0, 0.05) is 18.9 Å². The third-order valence-corrected chi connectivity index (χ3v) is 3.17. The van der Waals surface area contributed by atoms with E-state index in [0.29, 0.717) is 6.54 Å². The Kier molecular flexibility index (Phi) is 4.36. The minimum Gasteiger partial charge on any atom is -0.478 e. The lowest BCUT2D eigenvalue weighted by molar-refractivity contribution is -0.124. The van der Waals surface area contributed by atoms with Crippen LogP contribution in [0.1, 0.15) is 35.9 Å². The normalized spacial score (nSPS) is 12.1. The SMILES string of the molecule is CCn1nccc1CNC(=O)C(C)n1cc(C(=O)O)cn1. The van der Waals surface area contributed by atoms with Crippen molar-refractivity contribution >= 4 is 11.9 Å². The highest BCUT2D eigenvalue weighted by Crippen LogP contribution is 2.07. The Bertz CT molecular complexity index is 646. The molecule has 112 valence electrons. The van der Waals surface area contributed by atoms with Crippen LogP contribution in [0.5, 0.6) is 0 Å². The van der Waals surface area contributed by atoms with Crippen LogP contribution in [0, 0.1) is 0 Å². The highest BCUT2D eigenvalue weighted by molar-refractivity contribution is 5.87. The first-order chi connectivity index (χ1) is 10.0. The fraction of sp³-hybridized carbons (Fsp3) is 0.385. The minimum atomic E-state index is -1.07. The van der Waals surface area contributed by atoms with E-state index in [-0.39, 0.29) is 11.5 Å². The lowest BCUT2D eigenvalue weighted by atomic mass is 10.3. The van der Waals surface area contributed by atoms with Gasteiger partial charge in [0.05, 0.1) is 24.0 Å². The number of amides is 1. The van der Waals surface area contributed by atoms with Gasteiger partial charge in [-0.3, -0.25) is 14.2 Å². The van der Waals surface area contributed by atoms with Gasteiger partial charge in [0.1, 0.15) is 6.04 Å². The lowest BCUT2D eigenvalue weighted by Crippen LogP contribution is -2.31. The molecule has 0 radical (unpaired) electrons. The molecule has 0 spiro atoms. The molecule has 1 atom stereocenters. The molecule has 0 bridgehead atoms. The predicted molar refractivity (Wildman–Crippen MR) is 73.6 cm³/mol. The first kappa shape index (κ1) is 14.8. The Balaban J connectivity index is 1.97. The van der Waals surface area contributed by atoms with Crippen LogP contribution in [0.3, 0.4) is 0 Å². The zero-order valence-electron chi connectivity index (χ0n) is 11.9. The van der Waals surface area contributed by atoms with Crippen molar-refractivity contribution in [2.24, 2.45) is 0 Å². The van der Waals surface area contributed by atoms with Crippen LogP contribution >= 0.6 is 0 Å². The maximum Gasteiger partial charge on any atom is 0.338 e. The van der Waals surface area contributed by atoms with Gasteiger partial charge in [-0.15, -0.1) is 0 Å². The topological polar surface area (TPSA) is 102 Å². The Morgan fingerprint density at radius 1 is 1.43 bits per heavy atom. The number of carbonyl (C=O) groups excluding carboxylic acids is 1. The standard InChI is InChI=1S/C13H17N5O3/c1-3-17-11(4-5-15-17)7-14-12(19)9(2)18-8-10(6-16-18)13(20)21/h4-6,8-9H,3,7H2,1-2H3,(H,14,19)(H,20,21). The molecule has 1 amide bonds. The number of nitrogens with zero attached hydrogens (tertiary/aromatic N) is 4. The monoisotopic (exact) mass is 291 g/mol. The van der Waals surface area contributed by atoms with Gasteiger partial charge in [-0.1, -0.05) is 0 Å². The van der Waals surface area contributed by atoms with E-state index in [2.05, 4.69) is 15.5 Å². The first-order valence-corrected chi connectivity index (χ1v) is 6.58. The van der Waals surface area contributed by atoms with E-state index in [1.165, 1.54) is 17.1 Å². The van der Waals surface area contributed by atoms with Crippen molar-refractivity contribution in [2.45, 2.75) is 33.0 Å². The number of hydrogen-bond acceptors (Lipinski definition) is 4. The molecule has 1 unspecified atom stereocenters. The van der Waals surface area contributed by atoms with Crippen molar-refractivity contribution in [1.82, 2.24) is 24.9 Å². The summed E-state index contributed by atoms with van der Waals surface area (Å²) in [5.74, 6) is -1.31. The third-order valence-electron chi connectivity index (χ3n) is 3.17. The second kappa shape index (κ2) is 6.21. The Labute approximate surface area is 121 Å². The summed E-state index contributed by atoms with van der Waals surface area (Å²) in [7, 11) is 0. The highest BCUT2D eigenvalue weighted by Gasteiger charge is 2.17. The molecular formula is C13H17N5O3. The fourth-order valence-corrected chi connectivity index (χ4v) is 1.90. The second-order valence-corrected chi connectivity index (χ2v) is 4.55. The van der Waals surface area contributed by atoms with Gasteiger partial charge < -0.3 is 10.4 Å². The average Bonchev–Trinajstić information content (AvgIpc) is 3.12. The van der Waals surface area contributed by atoms with Gasteiger partial charge in [0.25, 0.3) is 0 Å². The first-order valence-electron chi connectivity index (χ1n) is 6.58. The van der Waals surface area contributed by atoms with Crippen molar-refractivity contribution in [3.05, 3.63) is 35.9 Å². The van der Waals surface area contributed by atoms with Crippen LogP contribution < -0.4 is 5.32 Å². The summed E-state index contributed by atoms with van der Waals surface area (Å²) in [5, 5.41) is 19.6. The highest BCUT2D eigenvalue weighted by atomic mass is 16.4. The molecule has 2 heterocycles. The minimum absolute atomic E-state index is 0.0544. The predicted octanol–water partition coefficient (Wildman–Crippen LogP) is 0.675. The van der Waals surface area contributed by atoms with Gasteiger partial charge in [0.15, 0.2) is 0 Å². The molecule has 2 aromatic rings. The molecular weight excluding hydrogens is 274 g/mol. The van der Waals surface area contributed by atoms with Gasteiger partial charge in [-0.2, -0.15) is 10.2 Å². The van der Waals surface area contributed by atoms with Gasteiger partial charge in [-0.25, -0.2) is 4.79 Å². The number of rotatable bonds is 6. The van der Waals surface area contributed by atoms with E-state index < -0.39 is 12.0 Å². The number of aromatic carboxylic acids is 1. The Morgan fingerprint density at radius 2 is 2.19 bits per heavy atom. The summed E-state index contributed by atoms with van der Waals surface area (Å²) in [6.45, 7) is 4.72. The van der Waals surface area contributed by atoms with Gasteiger partial charge in [-0.05, 0) is 19.9 Å². The summed E-state index contributed by atoms with van der Waals surface area (Å²) >= 11 is 0. The zero-order valence-corrected chi connectivity index (χ0v) is 11.9. The zero-order chi connectivity index (χ0) is 15.4. The molecule has 2 aromatic heterocycles. The number of nitrogens with one attached hydrogen (secondary N) is 1. The molecule has 21 heavy (non-hydrogen) atoms. The summed E-state index contributed by atoms with van der Waals surface area (Å²) in [5.41, 5.74) is 0.962. The van der Waals surface area contributed by atoms with Crippen molar-refractivity contribution in [3.8, 4) is 0 Å². The molecule has 0 saturated heterocycles. The number of carboxylic acid groups (broad SMARTS) is 1. The van der Waals surface area contributed by atoms with Gasteiger partial charge >= 0.3 is 5.97 Å². The Morgan fingerprint density at radius 3 is 2.81 bits per heavy atom. The molecule has 2 rings (SSSR count). The largest absolute Gasteiger partial charge is 0.478 e. The van der Waals surface area contributed by atoms with Crippen LogP contribution in [0.2, 0.25) is 0 Å². The van der Waals surface area contributed by atoms with Crippen molar-refractivity contribution in [1.29, 1.82) is 0 Å². The summed E-state index contributed by atoms with van der Waals surface area (Å²) < 4.78 is 3.12. The molecule has 2 N–H and O–H groups in total. The molecule has 8 heteroatoms. The third kappa shape index (κ3) is 3.28. The van der Waals surface area contributed by atoms with Crippen molar-refractivity contribution < 1.29 is 14.7 Å². The van der Waals surface area contributed by atoms with E-state index in [1.807, 2.05) is 13.0 Å². The van der Waals surface area contributed by atoms with Crippen molar-refractivity contribution in [2.75, 3.05) is 0 Å². The number of aromatic nitrogens is 4. The smallest absolute Gasteiger partial charge is 0.338 e. The number of aryl methyl sites for hydroxylation is 1. The summed E-state index contributed by atoms with van der Waals surface area (Å²) in [6, 6.07) is 1.25. The van der Waals surface area contributed by atoms with Crippen LogP contribution in [0.25, 0.3) is 0 Å². The van der Waals surface area contributed by atoms with Crippen LogP contribution in [-0.4, -0.2) is 36.5 Å². The van der Waals surface area contributed by atoms with E-state index >= 15 is 0 Å². The molecule has 8 nitrogen and oxygen atoms in total. The number of carboxylic acids is 1. The quantitative estimate of drug-likeness (QED) is 0.814. The number of carbonyl (C=O) groups is 2. The maximum absolute atomic E-state index is 12.1. The van der Waals surface area contributed by atoms with Gasteiger partial charge in [0.2, 0.25) is 5.91 Å². The van der Waals surface area contributed by atoms with E-state index in [0.717, 1.165) is 12.2 Å². The van der Waals surface area contributed by atoms with Crippen LogP contribution in [-0.2, 0) is 17.9 Å². The van der Waals surface area contributed by atoms with Crippen LogP contribution in [0.15, 0.2) is 24.7 Å². The summed E-state index contributed by atoms with van der Waals surface area (Å²) in [6.07, 6.45) is 4.24. The van der Waals surface area contributed by atoms with E-state index in [1.54, 1.807) is 17.8 Å². The average molecular weight is 291 g/mol. The van der Waals surface area contributed by atoms with Crippen molar-refractivity contribution in [3.63, 3.8) is 0 Å². The second-order valence-electron chi connectivity index (χ2n) is 4.55. The Hall–Kier alpha value is -2.64. The number of hydrogen-bond donors (Lipinski definition) is 2. The molecule has 0 saturated carbocycles. The maximum atomic E-state index is 12.1. The van der Waals surface area contributed by atoms with Crippen LogP contribution in [0.4, 0.5) is 0 Å². The molecule has 0 aliphatic heterocycles. The van der Waals surface area contributed by atoms with E-state index in [9.17, 15) is 9.59 Å². The fourth-order valence-electron chi connectivity index (χ4n) is 1.90. The van der Waals surface area contributed by atoms with E-state index in [4.69, 9.17) is 5.11 Å². The molecule has 0 aliphatic rings.